The van der Waals surface area contributed by atoms with Crippen LogP contribution in [-0.2, 0) is 0 Å². The number of fused-ring (bicyclic) bond motifs is 2. The number of rotatable bonds is 5. The van der Waals surface area contributed by atoms with E-state index in [2.05, 4.69) is 47.9 Å². The van der Waals surface area contributed by atoms with E-state index in [1.165, 1.54) is 12.4 Å². The number of hydrogen-bond acceptors (Lipinski definition) is 8. The monoisotopic (exact) mass is 540 g/mol. The molecule has 5 aromatic rings. The minimum absolute atomic E-state index is 0.245. The van der Waals surface area contributed by atoms with Crippen LogP contribution in [0.5, 0.6) is 0 Å². The summed E-state index contributed by atoms with van der Waals surface area (Å²) in [5.74, 6) is -0.0114. The molecule has 3 N–H and O–H groups in total. The molecule has 0 atom stereocenters. The molecular formula is C30H33FN8O. The maximum Gasteiger partial charge on any atom is 0.300 e. The molecule has 1 saturated heterocycles. The fourth-order valence-electron chi connectivity index (χ4n) is 6.32. The molecule has 1 aliphatic heterocycles. The van der Waals surface area contributed by atoms with E-state index in [0.29, 0.717) is 29.0 Å². The second-order valence-corrected chi connectivity index (χ2v) is 11.0. The van der Waals surface area contributed by atoms with Gasteiger partial charge in [0.05, 0.1) is 11.1 Å². The third-order valence-electron chi connectivity index (χ3n) is 8.57. The molecule has 4 heterocycles. The van der Waals surface area contributed by atoms with Crippen LogP contribution >= 0.6 is 0 Å². The number of para-hydroxylation sites is 2. The molecule has 0 bridgehead atoms. The standard InChI is InChI=1S/C30H33FN8O/c1-37-12-14-38(15-13-37)20-7-9-21(10-8-20)39-17-22(27-28(32)33-18-34-29(27)39)19-6-11-24(23(31)16-19)35-30-36-25-4-2-3-5-26(25)40-30/h2-6,11,16-18,20-21H,7-10,12-15H2,1H3,(H,35,36)(H2,32,33,34). The lowest BCUT2D eigenvalue weighted by atomic mass is 9.89. The molecule has 3 aromatic heterocycles. The second kappa shape index (κ2) is 10.2. The van der Waals surface area contributed by atoms with Crippen LogP contribution in [0.1, 0.15) is 31.7 Å². The summed E-state index contributed by atoms with van der Waals surface area (Å²) >= 11 is 0. The van der Waals surface area contributed by atoms with Crippen molar-refractivity contribution in [3.8, 4) is 11.1 Å². The largest absolute Gasteiger partial charge is 0.423 e. The van der Waals surface area contributed by atoms with E-state index in [0.717, 1.165) is 74.0 Å². The maximum absolute atomic E-state index is 15.4. The second-order valence-electron chi connectivity index (χ2n) is 11.0. The topological polar surface area (TPSA) is 101 Å². The van der Waals surface area contributed by atoms with Crippen LogP contribution in [0.4, 0.5) is 21.9 Å². The Morgan fingerprint density at radius 2 is 1.75 bits per heavy atom. The summed E-state index contributed by atoms with van der Waals surface area (Å²) in [6, 6.07) is 13.7. The molecule has 2 fully saturated rings. The molecule has 206 valence electrons. The van der Waals surface area contributed by atoms with Crippen LogP contribution in [0.25, 0.3) is 33.3 Å². The number of hydrogen-bond donors (Lipinski definition) is 2. The lowest BCUT2D eigenvalue weighted by Crippen LogP contribution is -2.49. The van der Waals surface area contributed by atoms with Crippen molar-refractivity contribution in [2.45, 2.75) is 37.8 Å². The highest BCUT2D eigenvalue weighted by Crippen LogP contribution is 2.39. The minimum atomic E-state index is -0.413. The normalized spacial score (nSPS) is 20.9. The molecule has 0 unspecified atom stereocenters. The summed E-state index contributed by atoms with van der Waals surface area (Å²) in [5, 5.41) is 3.73. The Morgan fingerprint density at radius 3 is 2.52 bits per heavy atom. The van der Waals surface area contributed by atoms with Gasteiger partial charge in [-0.3, -0.25) is 4.90 Å². The van der Waals surface area contributed by atoms with Crippen molar-refractivity contribution in [2.24, 2.45) is 0 Å². The van der Waals surface area contributed by atoms with E-state index in [1.807, 2.05) is 30.3 Å². The number of piperazine rings is 1. The van der Waals surface area contributed by atoms with Gasteiger partial charge in [0.2, 0.25) is 0 Å². The Bertz CT molecular complexity index is 1630. The number of aromatic nitrogens is 4. The van der Waals surface area contributed by atoms with Gasteiger partial charge in [-0.1, -0.05) is 18.2 Å². The van der Waals surface area contributed by atoms with Crippen molar-refractivity contribution >= 4 is 39.7 Å². The summed E-state index contributed by atoms with van der Waals surface area (Å²) in [5.41, 5.74) is 10.4. The molecule has 9 nitrogen and oxygen atoms in total. The zero-order valence-corrected chi connectivity index (χ0v) is 22.6. The Hall–Kier alpha value is -4.02. The maximum atomic E-state index is 15.4. The number of nitrogens with zero attached hydrogens (tertiary/aromatic N) is 6. The van der Waals surface area contributed by atoms with E-state index in [-0.39, 0.29) is 11.7 Å². The summed E-state index contributed by atoms with van der Waals surface area (Å²) < 4.78 is 23.3. The number of oxazole rings is 1. The molecule has 10 heteroatoms. The van der Waals surface area contributed by atoms with Crippen molar-refractivity contribution in [3.05, 3.63) is 60.8 Å². The van der Waals surface area contributed by atoms with Gasteiger partial charge >= 0.3 is 0 Å². The van der Waals surface area contributed by atoms with Crippen molar-refractivity contribution in [2.75, 3.05) is 44.3 Å². The molecular weight excluding hydrogens is 507 g/mol. The molecule has 40 heavy (non-hydrogen) atoms. The van der Waals surface area contributed by atoms with Gasteiger partial charge in [-0.05, 0) is 62.6 Å². The molecule has 1 aliphatic carbocycles. The van der Waals surface area contributed by atoms with Gasteiger partial charge in [-0.15, -0.1) is 0 Å². The molecule has 7 rings (SSSR count). The van der Waals surface area contributed by atoms with Gasteiger partial charge < -0.3 is 24.9 Å². The van der Waals surface area contributed by atoms with Crippen LogP contribution < -0.4 is 11.1 Å². The van der Waals surface area contributed by atoms with Gasteiger partial charge in [0.25, 0.3) is 6.01 Å². The van der Waals surface area contributed by atoms with Crippen LogP contribution in [-0.4, -0.2) is 68.6 Å². The third kappa shape index (κ3) is 4.56. The Balaban J connectivity index is 1.15. The van der Waals surface area contributed by atoms with Crippen molar-refractivity contribution in [1.82, 2.24) is 29.3 Å². The number of nitrogens with two attached hydrogens (primary N) is 1. The van der Waals surface area contributed by atoms with E-state index >= 15 is 4.39 Å². The average Bonchev–Trinajstić information content (AvgIpc) is 3.57. The van der Waals surface area contributed by atoms with E-state index in [1.54, 1.807) is 6.07 Å². The molecule has 0 radical (unpaired) electrons. The fraction of sp³-hybridized carbons (Fsp3) is 0.367. The highest BCUT2D eigenvalue weighted by Gasteiger charge is 2.30. The molecule has 2 aliphatic rings. The van der Waals surface area contributed by atoms with Gasteiger partial charge in [-0.2, -0.15) is 4.98 Å². The molecule has 0 spiro atoms. The van der Waals surface area contributed by atoms with Crippen LogP contribution in [0.15, 0.2) is 59.4 Å². The zero-order chi connectivity index (χ0) is 27.2. The summed E-state index contributed by atoms with van der Waals surface area (Å²) in [6.45, 7) is 4.58. The number of likely N-dealkylation sites (N-methyl/N-ethyl adjacent to an activating group) is 1. The Kier molecular flexibility index (Phi) is 6.36. The quantitative estimate of drug-likeness (QED) is 0.304. The number of anilines is 3. The average molecular weight is 541 g/mol. The molecule has 2 aromatic carbocycles. The number of halogens is 1. The Morgan fingerprint density at radius 1 is 0.975 bits per heavy atom. The van der Waals surface area contributed by atoms with E-state index in [4.69, 9.17) is 10.2 Å². The lowest BCUT2D eigenvalue weighted by Gasteiger charge is -2.41. The van der Waals surface area contributed by atoms with Gasteiger partial charge in [0.15, 0.2) is 5.58 Å². The predicted molar refractivity (Wildman–Crippen MR) is 155 cm³/mol. The fourth-order valence-corrected chi connectivity index (χ4v) is 6.32. The Labute approximate surface area is 231 Å². The smallest absolute Gasteiger partial charge is 0.300 e. The zero-order valence-electron chi connectivity index (χ0n) is 22.6. The summed E-state index contributed by atoms with van der Waals surface area (Å²) in [4.78, 5) is 18.3. The van der Waals surface area contributed by atoms with Crippen LogP contribution in [0.2, 0.25) is 0 Å². The van der Waals surface area contributed by atoms with E-state index < -0.39 is 5.82 Å². The summed E-state index contributed by atoms with van der Waals surface area (Å²) in [7, 11) is 2.20. The lowest BCUT2D eigenvalue weighted by molar-refractivity contribution is 0.0828. The predicted octanol–water partition coefficient (Wildman–Crippen LogP) is 5.44. The summed E-state index contributed by atoms with van der Waals surface area (Å²) in [6.07, 6.45) is 8.07. The first kappa shape index (κ1) is 25.0. The van der Waals surface area contributed by atoms with Crippen molar-refractivity contribution in [3.63, 3.8) is 0 Å². The third-order valence-corrected chi connectivity index (χ3v) is 8.57. The first-order chi connectivity index (χ1) is 19.5. The van der Waals surface area contributed by atoms with Crippen LogP contribution in [0, 0.1) is 5.82 Å². The van der Waals surface area contributed by atoms with Crippen molar-refractivity contribution < 1.29 is 8.81 Å². The van der Waals surface area contributed by atoms with Gasteiger partial charge in [0.1, 0.15) is 29.1 Å². The van der Waals surface area contributed by atoms with Crippen molar-refractivity contribution in [1.29, 1.82) is 0 Å². The highest BCUT2D eigenvalue weighted by molar-refractivity contribution is 6.00. The number of nitrogens with one attached hydrogen (secondary N) is 1. The van der Waals surface area contributed by atoms with E-state index in [9.17, 15) is 0 Å². The molecule has 1 saturated carbocycles. The number of benzene rings is 2. The molecule has 0 amide bonds. The van der Waals surface area contributed by atoms with Crippen LogP contribution in [0.3, 0.4) is 0 Å². The van der Waals surface area contributed by atoms with Gasteiger partial charge in [0, 0.05) is 50.0 Å². The SMILES string of the molecule is CN1CCN(C2CCC(n3cc(-c4ccc(Nc5nc6ccccc6o5)c(F)c4)c4c(N)ncnc43)CC2)CC1. The van der Waals surface area contributed by atoms with Gasteiger partial charge in [-0.25, -0.2) is 14.4 Å². The first-order valence-corrected chi connectivity index (χ1v) is 14.0. The highest BCUT2D eigenvalue weighted by atomic mass is 19.1. The first-order valence-electron chi connectivity index (χ1n) is 14.0. The number of nitrogen functional groups attached to an aromatic ring is 1. The minimum Gasteiger partial charge on any atom is -0.423 e.